The third-order valence-electron chi connectivity index (χ3n) is 5.07. The quantitative estimate of drug-likeness (QED) is 0.803. The van der Waals surface area contributed by atoms with Crippen molar-refractivity contribution in [1.82, 2.24) is 9.88 Å². The topological polar surface area (TPSA) is 42.4 Å². The number of fused-ring (bicyclic) bond motifs is 1. The molecule has 1 aromatic heterocycles. The number of ketones is 1. The minimum absolute atomic E-state index is 0.00627. The van der Waals surface area contributed by atoms with Crippen molar-refractivity contribution in [2.45, 2.75) is 31.8 Å². The number of carbonyl (C=O) groups is 1. The van der Waals surface area contributed by atoms with E-state index in [1.165, 1.54) is 0 Å². The number of nitrogens with zero attached hydrogens (tertiary/aromatic N) is 2. The van der Waals surface area contributed by atoms with Crippen LogP contribution in [0.15, 0.2) is 24.3 Å². The van der Waals surface area contributed by atoms with Gasteiger partial charge >= 0.3 is 0 Å². The molecule has 1 aliphatic heterocycles. The number of terminal acetylenes is 1. The zero-order valence-corrected chi connectivity index (χ0v) is 14.3. The van der Waals surface area contributed by atoms with E-state index in [1.807, 2.05) is 12.1 Å². The van der Waals surface area contributed by atoms with Gasteiger partial charge in [0, 0.05) is 26.6 Å². The standard InChI is InChI=1S/C20H22N2O2/c1-5-15-8-7-14-13-17(23)16(6-2)19(18(14)21-15)22-11-9-20(3,24-4)10-12-22/h2,5,7-8H,1,9-13H2,3-4H3. The van der Waals surface area contributed by atoms with Gasteiger partial charge in [0.05, 0.1) is 28.3 Å². The van der Waals surface area contributed by atoms with Crippen LogP contribution in [0.4, 0.5) is 0 Å². The predicted octanol–water partition coefficient (Wildman–Crippen LogP) is 2.70. The summed E-state index contributed by atoms with van der Waals surface area (Å²) in [6.07, 6.45) is 9.46. The fourth-order valence-electron chi connectivity index (χ4n) is 3.34. The van der Waals surface area contributed by atoms with Crippen molar-refractivity contribution in [2.24, 2.45) is 0 Å². The van der Waals surface area contributed by atoms with Crippen LogP contribution in [-0.4, -0.2) is 41.5 Å². The van der Waals surface area contributed by atoms with Gasteiger partial charge in [-0.05, 0) is 37.5 Å². The third-order valence-corrected chi connectivity index (χ3v) is 5.07. The Kier molecular flexibility index (Phi) is 4.29. The van der Waals surface area contributed by atoms with Gasteiger partial charge in [0.1, 0.15) is 0 Å². The van der Waals surface area contributed by atoms with E-state index in [4.69, 9.17) is 11.2 Å². The minimum atomic E-state index is -0.120. The molecule has 0 N–H and O–H groups in total. The SMILES string of the molecule is C#CC1=C(N2CCC(C)(OC)CC2)c2nc(C=C)ccc2CC1=O. The first-order valence-corrected chi connectivity index (χ1v) is 8.18. The van der Waals surface area contributed by atoms with E-state index in [0.29, 0.717) is 12.0 Å². The molecule has 0 spiro atoms. The van der Waals surface area contributed by atoms with Crippen LogP contribution < -0.4 is 0 Å². The first-order chi connectivity index (χ1) is 11.5. The number of methoxy groups -OCH3 is 1. The Morgan fingerprint density at radius 2 is 2.12 bits per heavy atom. The molecule has 24 heavy (non-hydrogen) atoms. The molecular formula is C20H22N2O2. The molecule has 1 aromatic rings. The van der Waals surface area contributed by atoms with E-state index in [1.54, 1.807) is 13.2 Å². The number of piperidine rings is 1. The Morgan fingerprint density at radius 3 is 2.71 bits per heavy atom. The fourth-order valence-corrected chi connectivity index (χ4v) is 3.34. The zero-order valence-electron chi connectivity index (χ0n) is 14.3. The van der Waals surface area contributed by atoms with Gasteiger partial charge in [-0.2, -0.15) is 0 Å². The highest BCUT2D eigenvalue weighted by Crippen LogP contribution is 2.35. The number of ether oxygens (including phenoxy) is 1. The molecule has 4 heteroatoms. The van der Waals surface area contributed by atoms with Gasteiger partial charge in [-0.25, -0.2) is 4.98 Å². The number of Topliss-reactive ketones (excluding diaryl/α,β-unsaturated/α-hetero) is 1. The highest BCUT2D eigenvalue weighted by molar-refractivity contribution is 6.09. The predicted molar refractivity (Wildman–Crippen MR) is 95.0 cm³/mol. The number of allylic oxidation sites excluding steroid dienone is 1. The summed E-state index contributed by atoms with van der Waals surface area (Å²) < 4.78 is 5.62. The maximum atomic E-state index is 12.5. The summed E-state index contributed by atoms with van der Waals surface area (Å²) >= 11 is 0. The smallest absolute Gasteiger partial charge is 0.177 e. The Morgan fingerprint density at radius 1 is 1.42 bits per heavy atom. The van der Waals surface area contributed by atoms with Crippen LogP contribution in [0.2, 0.25) is 0 Å². The van der Waals surface area contributed by atoms with Crippen molar-refractivity contribution >= 4 is 17.6 Å². The van der Waals surface area contributed by atoms with Gasteiger partial charge in [0.15, 0.2) is 5.78 Å². The third kappa shape index (κ3) is 2.76. The van der Waals surface area contributed by atoms with E-state index >= 15 is 0 Å². The van der Waals surface area contributed by atoms with Crippen LogP contribution in [0, 0.1) is 12.3 Å². The number of carbonyl (C=O) groups excluding carboxylic acids is 1. The molecule has 1 aliphatic carbocycles. The highest BCUT2D eigenvalue weighted by atomic mass is 16.5. The molecule has 0 amide bonds. The molecule has 2 aliphatic rings. The molecule has 0 atom stereocenters. The molecule has 1 saturated heterocycles. The van der Waals surface area contributed by atoms with Gasteiger partial charge < -0.3 is 9.64 Å². The van der Waals surface area contributed by atoms with Crippen LogP contribution in [0.5, 0.6) is 0 Å². The van der Waals surface area contributed by atoms with Crippen LogP contribution in [0.1, 0.15) is 36.7 Å². The summed E-state index contributed by atoms with van der Waals surface area (Å²) in [5.74, 6) is 2.60. The van der Waals surface area contributed by atoms with Crippen LogP contribution >= 0.6 is 0 Å². The zero-order chi connectivity index (χ0) is 17.3. The van der Waals surface area contributed by atoms with Crippen LogP contribution in [0.25, 0.3) is 11.8 Å². The van der Waals surface area contributed by atoms with Gasteiger partial charge in [-0.1, -0.05) is 18.6 Å². The molecule has 0 aromatic carbocycles. The number of rotatable bonds is 3. The van der Waals surface area contributed by atoms with Crippen molar-refractivity contribution < 1.29 is 9.53 Å². The Balaban J connectivity index is 2.05. The summed E-state index contributed by atoms with van der Waals surface area (Å²) in [6.45, 7) is 7.48. The number of aromatic nitrogens is 1. The van der Waals surface area contributed by atoms with E-state index in [-0.39, 0.29) is 11.4 Å². The first-order valence-electron chi connectivity index (χ1n) is 8.18. The molecular weight excluding hydrogens is 300 g/mol. The molecule has 1 fully saturated rings. The second-order valence-electron chi connectivity index (χ2n) is 6.56. The second-order valence-corrected chi connectivity index (χ2v) is 6.56. The number of pyridine rings is 1. The largest absolute Gasteiger partial charge is 0.378 e. The van der Waals surface area contributed by atoms with Crippen molar-refractivity contribution in [1.29, 1.82) is 0 Å². The monoisotopic (exact) mass is 322 g/mol. The maximum absolute atomic E-state index is 12.5. The summed E-state index contributed by atoms with van der Waals surface area (Å²) in [7, 11) is 1.75. The summed E-state index contributed by atoms with van der Waals surface area (Å²) in [5, 5.41) is 0. The van der Waals surface area contributed by atoms with Gasteiger partial charge in [-0.3, -0.25) is 4.79 Å². The van der Waals surface area contributed by atoms with Crippen LogP contribution in [0.3, 0.4) is 0 Å². The van der Waals surface area contributed by atoms with Gasteiger partial charge in [-0.15, -0.1) is 6.42 Å². The molecule has 0 radical (unpaired) electrons. The molecule has 0 unspecified atom stereocenters. The lowest BCUT2D eigenvalue weighted by atomic mass is 9.88. The Bertz CT molecular complexity index is 762. The van der Waals surface area contributed by atoms with Gasteiger partial charge in [0.2, 0.25) is 0 Å². The fraction of sp³-hybridized carbons (Fsp3) is 0.400. The van der Waals surface area contributed by atoms with Crippen molar-refractivity contribution in [3.63, 3.8) is 0 Å². The summed E-state index contributed by atoms with van der Waals surface area (Å²) in [5.41, 5.74) is 3.66. The molecule has 0 saturated carbocycles. The molecule has 0 bridgehead atoms. The van der Waals surface area contributed by atoms with E-state index < -0.39 is 0 Å². The van der Waals surface area contributed by atoms with E-state index in [9.17, 15) is 4.79 Å². The normalized spacial score (nSPS) is 19.7. The lowest BCUT2D eigenvalue weighted by Crippen LogP contribution is -2.44. The lowest BCUT2D eigenvalue weighted by Gasteiger charge is -2.41. The first kappa shape index (κ1) is 16.5. The molecule has 124 valence electrons. The maximum Gasteiger partial charge on any atom is 0.177 e. The van der Waals surface area contributed by atoms with E-state index in [0.717, 1.165) is 48.6 Å². The summed E-state index contributed by atoms with van der Waals surface area (Å²) in [4.78, 5) is 19.3. The number of likely N-dealkylation sites (tertiary alicyclic amines) is 1. The average molecular weight is 322 g/mol. The van der Waals surface area contributed by atoms with Crippen molar-refractivity contribution in [3.8, 4) is 12.3 Å². The van der Waals surface area contributed by atoms with E-state index in [2.05, 4.69) is 29.3 Å². The molecule has 2 heterocycles. The number of hydrogen-bond donors (Lipinski definition) is 0. The Labute approximate surface area is 143 Å². The molecule has 3 rings (SSSR count). The minimum Gasteiger partial charge on any atom is -0.378 e. The second kappa shape index (κ2) is 6.26. The Hall–Kier alpha value is -2.38. The van der Waals surface area contributed by atoms with Crippen molar-refractivity contribution in [3.05, 3.63) is 41.2 Å². The average Bonchev–Trinajstić information content (AvgIpc) is 2.61. The van der Waals surface area contributed by atoms with Gasteiger partial charge in [0.25, 0.3) is 0 Å². The van der Waals surface area contributed by atoms with Crippen LogP contribution in [-0.2, 0) is 16.0 Å². The molecule has 4 nitrogen and oxygen atoms in total. The number of hydrogen-bond acceptors (Lipinski definition) is 4. The lowest BCUT2D eigenvalue weighted by molar-refractivity contribution is -0.114. The summed E-state index contributed by atoms with van der Waals surface area (Å²) in [6, 6.07) is 3.84. The van der Waals surface area contributed by atoms with Crippen molar-refractivity contribution in [2.75, 3.05) is 20.2 Å². The highest BCUT2D eigenvalue weighted by Gasteiger charge is 2.35.